The molecule has 1 heterocycles. The average Bonchev–Trinajstić information content (AvgIpc) is 3.24. The number of nitrogens with one attached hydrogen (secondary N) is 3. The second-order valence-corrected chi connectivity index (χ2v) is 7.99. The Bertz CT molecular complexity index is 745. The van der Waals surface area contributed by atoms with Crippen molar-refractivity contribution in [3.63, 3.8) is 0 Å². The molecule has 1 aromatic heterocycles. The Hall–Kier alpha value is -1.76. The van der Waals surface area contributed by atoms with E-state index >= 15 is 0 Å². The van der Waals surface area contributed by atoms with Gasteiger partial charge in [0.25, 0.3) is 0 Å². The maximum absolute atomic E-state index is 12.1. The van der Waals surface area contributed by atoms with E-state index < -0.39 is 0 Å². The van der Waals surface area contributed by atoms with E-state index in [4.69, 9.17) is 23.2 Å². The van der Waals surface area contributed by atoms with Gasteiger partial charge in [0.15, 0.2) is 0 Å². The first-order chi connectivity index (χ1) is 13.6. The lowest BCUT2D eigenvalue weighted by Gasteiger charge is -2.29. The van der Waals surface area contributed by atoms with Crippen LogP contribution < -0.4 is 16.0 Å². The van der Waals surface area contributed by atoms with Crippen molar-refractivity contribution in [2.24, 2.45) is 5.92 Å². The molecule has 3 N–H and O–H groups in total. The number of hydrogen-bond donors (Lipinski definition) is 3. The van der Waals surface area contributed by atoms with Gasteiger partial charge in [-0.1, -0.05) is 29.3 Å². The van der Waals surface area contributed by atoms with Gasteiger partial charge in [-0.3, -0.25) is 4.57 Å². The molecule has 1 aromatic carbocycles. The molecule has 28 heavy (non-hydrogen) atoms. The fourth-order valence-corrected chi connectivity index (χ4v) is 3.95. The monoisotopic (exact) mass is 423 g/mol. The zero-order valence-corrected chi connectivity index (χ0v) is 17.3. The molecule has 0 unspecified atom stereocenters. The minimum Gasteiger partial charge on any atom is -0.383 e. The van der Waals surface area contributed by atoms with Gasteiger partial charge in [-0.2, -0.15) is 0 Å². The molecule has 0 spiro atoms. The predicted molar refractivity (Wildman–Crippen MR) is 114 cm³/mol. The lowest BCUT2D eigenvalue weighted by atomic mass is 9.84. The predicted octanol–water partition coefficient (Wildman–Crippen LogP) is 4.40. The Labute approximate surface area is 176 Å². The van der Waals surface area contributed by atoms with Crippen molar-refractivity contribution in [1.29, 1.82) is 0 Å². The molecule has 1 amide bonds. The number of aromatic nitrogens is 2. The van der Waals surface area contributed by atoms with Gasteiger partial charge in [-0.15, -0.1) is 0 Å². The highest BCUT2D eigenvalue weighted by Gasteiger charge is 2.22. The average molecular weight is 424 g/mol. The fraction of sp³-hybridized carbons (Fsp3) is 0.500. The van der Waals surface area contributed by atoms with E-state index in [0.717, 1.165) is 56.9 Å². The summed E-state index contributed by atoms with van der Waals surface area (Å²) in [7, 11) is 0. The summed E-state index contributed by atoms with van der Waals surface area (Å²) in [6, 6.07) is 5.78. The van der Waals surface area contributed by atoms with Crippen molar-refractivity contribution in [1.82, 2.24) is 20.2 Å². The van der Waals surface area contributed by atoms with Crippen LogP contribution in [0.3, 0.4) is 0 Å². The Kier molecular flexibility index (Phi) is 8.01. The smallest absolute Gasteiger partial charge is 0.327 e. The Morgan fingerprint density at radius 3 is 2.71 bits per heavy atom. The maximum Gasteiger partial charge on any atom is 0.327 e. The Balaban J connectivity index is 1.25. The number of hydrogen-bond acceptors (Lipinski definition) is 4. The number of anilines is 1. The first-order valence-corrected chi connectivity index (χ1v) is 10.6. The summed E-state index contributed by atoms with van der Waals surface area (Å²) in [5, 5.41) is 11.0. The van der Waals surface area contributed by atoms with Gasteiger partial charge in [0.05, 0.1) is 15.7 Å². The molecule has 1 aliphatic rings. The lowest BCUT2D eigenvalue weighted by Crippen LogP contribution is -2.39. The molecule has 2 aromatic rings. The topological polar surface area (TPSA) is 71.0 Å². The summed E-state index contributed by atoms with van der Waals surface area (Å²) < 4.78 is 1.49. The zero-order valence-electron chi connectivity index (χ0n) is 15.8. The minimum atomic E-state index is -0.0880. The number of benzene rings is 1. The summed E-state index contributed by atoms with van der Waals surface area (Å²) in [6.45, 7) is 2.67. The van der Waals surface area contributed by atoms with Gasteiger partial charge < -0.3 is 16.0 Å². The van der Waals surface area contributed by atoms with Crippen LogP contribution in [0.15, 0.2) is 36.9 Å². The van der Waals surface area contributed by atoms with E-state index in [1.165, 1.54) is 17.3 Å². The van der Waals surface area contributed by atoms with Crippen molar-refractivity contribution in [2.75, 3.05) is 25.0 Å². The number of nitrogens with zero attached hydrogens (tertiary/aromatic N) is 2. The number of rotatable bonds is 8. The fourth-order valence-electron chi connectivity index (χ4n) is 3.58. The van der Waals surface area contributed by atoms with E-state index in [-0.39, 0.29) is 12.1 Å². The number of carbonyl (C=O) groups excluding carboxylic acids is 1. The first-order valence-electron chi connectivity index (χ1n) is 9.81. The normalized spacial score (nSPS) is 19.4. The highest BCUT2D eigenvalue weighted by molar-refractivity contribution is 6.43. The Morgan fingerprint density at radius 1 is 1.14 bits per heavy atom. The van der Waals surface area contributed by atoms with Crippen LogP contribution in [-0.2, 0) is 0 Å². The van der Waals surface area contributed by atoms with Gasteiger partial charge in [-0.05, 0) is 56.7 Å². The van der Waals surface area contributed by atoms with Crippen molar-refractivity contribution < 1.29 is 4.79 Å². The molecule has 0 saturated heterocycles. The molecular weight excluding hydrogens is 397 g/mol. The van der Waals surface area contributed by atoms with E-state index in [2.05, 4.69) is 20.9 Å². The van der Waals surface area contributed by atoms with E-state index in [0.29, 0.717) is 10.0 Å². The van der Waals surface area contributed by atoms with Crippen molar-refractivity contribution in [3.8, 4) is 0 Å². The van der Waals surface area contributed by atoms with Crippen LogP contribution >= 0.6 is 23.2 Å². The second-order valence-electron chi connectivity index (χ2n) is 7.20. The third-order valence-electron chi connectivity index (χ3n) is 5.21. The standard InChI is InChI=1S/C20H27Cl2N5O/c21-17-2-1-3-18(19(17)22)25-11-10-23-9-8-15-4-6-16(7-5-15)26-20(28)27-13-12-24-14-27/h1-3,12-16,23,25H,4-11H2,(H,26,28). The molecule has 1 aliphatic carbocycles. The molecule has 8 heteroatoms. The molecule has 1 saturated carbocycles. The molecule has 0 aliphatic heterocycles. The molecule has 0 bridgehead atoms. The van der Waals surface area contributed by atoms with Crippen molar-refractivity contribution in [2.45, 2.75) is 38.1 Å². The molecular formula is C20H27Cl2N5O. The quantitative estimate of drug-likeness (QED) is 0.550. The van der Waals surface area contributed by atoms with Crippen LogP contribution in [0.5, 0.6) is 0 Å². The van der Waals surface area contributed by atoms with Crippen molar-refractivity contribution >= 4 is 34.9 Å². The summed E-state index contributed by atoms with van der Waals surface area (Å²) >= 11 is 12.2. The highest BCUT2D eigenvalue weighted by atomic mass is 35.5. The van der Waals surface area contributed by atoms with Crippen LogP contribution in [0.1, 0.15) is 32.1 Å². The molecule has 1 fully saturated rings. The number of imidazole rings is 1. The summed E-state index contributed by atoms with van der Waals surface area (Å²) in [6.07, 6.45) is 10.4. The highest BCUT2D eigenvalue weighted by Crippen LogP contribution is 2.29. The second kappa shape index (κ2) is 10.7. The molecule has 0 radical (unpaired) electrons. The summed E-state index contributed by atoms with van der Waals surface area (Å²) in [5.41, 5.74) is 0.868. The molecule has 0 atom stereocenters. The maximum atomic E-state index is 12.1. The van der Waals surface area contributed by atoms with Crippen LogP contribution in [0.4, 0.5) is 10.5 Å². The molecule has 152 valence electrons. The van der Waals surface area contributed by atoms with Crippen LogP contribution in [0.2, 0.25) is 10.0 Å². The van der Waals surface area contributed by atoms with Gasteiger partial charge in [-0.25, -0.2) is 9.78 Å². The summed E-state index contributed by atoms with van der Waals surface area (Å²) in [5.74, 6) is 0.726. The third-order valence-corrected chi connectivity index (χ3v) is 6.03. The van der Waals surface area contributed by atoms with Crippen LogP contribution in [0, 0.1) is 5.92 Å². The third kappa shape index (κ3) is 6.12. The van der Waals surface area contributed by atoms with Crippen LogP contribution in [0.25, 0.3) is 0 Å². The number of carbonyl (C=O) groups is 1. The zero-order chi connectivity index (χ0) is 19.8. The van der Waals surface area contributed by atoms with Crippen LogP contribution in [-0.4, -0.2) is 41.3 Å². The molecule has 3 rings (SSSR count). The SMILES string of the molecule is O=C(NC1CCC(CCNCCNc2cccc(Cl)c2Cl)CC1)n1ccnc1. The largest absolute Gasteiger partial charge is 0.383 e. The van der Waals surface area contributed by atoms with Gasteiger partial charge >= 0.3 is 6.03 Å². The van der Waals surface area contributed by atoms with Crippen molar-refractivity contribution in [3.05, 3.63) is 47.0 Å². The first kappa shape index (κ1) is 21.0. The number of halogens is 2. The Morgan fingerprint density at radius 2 is 1.96 bits per heavy atom. The van der Waals surface area contributed by atoms with E-state index in [1.54, 1.807) is 18.5 Å². The van der Waals surface area contributed by atoms with Gasteiger partial charge in [0.2, 0.25) is 0 Å². The lowest BCUT2D eigenvalue weighted by molar-refractivity contribution is 0.226. The van der Waals surface area contributed by atoms with Gasteiger partial charge in [0.1, 0.15) is 6.33 Å². The van der Waals surface area contributed by atoms with Gasteiger partial charge in [0, 0.05) is 31.5 Å². The van der Waals surface area contributed by atoms with E-state index in [9.17, 15) is 4.79 Å². The van der Waals surface area contributed by atoms with E-state index in [1.807, 2.05) is 12.1 Å². The minimum absolute atomic E-state index is 0.0880. The summed E-state index contributed by atoms with van der Waals surface area (Å²) in [4.78, 5) is 16.0. The molecule has 6 nitrogen and oxygen atoms in total. The number of amides is 1.